The van der Waals surface area contributed by atoms with Crippen LogP contribution in [-0.2, 0) is 0 Å². The lowest BCUT2D eigenvalue weighted by atomic mass is 10.2. The molecule has 1 aromatic rings. The Morgan fingerprint density at radius 1 is 1.50 bits per heavy atom. The van der Waals surface area contributed by atoms with Gasteiger partial charge in [-0.05, 0) is 38.5 Å². The van der Waals surface area contributed by atoms with Gasteiger partial charge >= 0.3 is 6.03 Å². The second kappa shape index (κ2) is 8.43. The highest BCUT2D eigenvalue weighted by Gasteiger charge is 2.13. The summed E-state index contributed by atoms with van der Waals surface area (Å²) < 4.78 is 5.64. The number of amides is 2. The number of aliphatic hydroxyl groups excluding tert-OH is 1. The lowest BCUT2D eigenvalue weighted by molar-refractivity contribution is 0.172. The van der Waals surface area contributed by atoms with E-state index >= 15 is 0 Å². The average Bonchev–Trinajstić information content (AvgIpc) is 2.42. The van der Waals surface area contributed by atoms with Crippen LogP contribution in [0.2, 0.25) is 0 Å². The third-order valence-corrected chi connectivity index (χ3v) is 2.90. The van der Waals surface area contributed by atoms with Crippen molar-refractivity contribution in [3.05, 3.63) is 29.8 Å². The van der Waals surface area contributed by atoms with E-state index in [4.69, 9.17) is 9.84 Å². The molecule has 0 aliphatic carbocycles. The van der Waals surface area contributed by atoms with Crippen molar-refractivity contribution in [3.8, 4) is 5.75 Å². The molecule has 20 heavy (non-hydrogen) atoms. The Labute approximate surface area is 120 Å². The van der Waals surface area contributed by atoms with Gasteiger partial charge in [0.1, 0.15) is 12.4 Å². The lowest BCUT2D eigenvalue weighted by Crippen LogP contribution is -2.46. The Kier molecular flexibility index (Phi) is 6.87. The Hall–Kier alpha value is -1.75. The van der Waals surface area contributed by atoms with E-state index in [0.717, 1.165) is 11.3 Å². The number of nitrogens with one attached hydrogen (secondary N) is 1. The molecule has 1 rings (SSSR count). The summed E-state index contributed by atoms with van der Waals surface area (Å²) in [5.41, 5.74) is 1.14. The van der Waals surface area contributed by atoms with Gasteiger partial charge in [-0.15, -0.1) is 0 Å². The first-order valence-corrected chi connectivity index (χ1v) is 6.92. The SMILES string of the molecule is CCN(CCO)C(=O)NC(C)COc1cccc(C)c1. The van der Waals surface area contributed by atoms with Crippen molar-refractivity contribution in [2.24, 2.45) is 0 Å². The van der Waals surface area contributed by atoms with Crippen molar-refractivity contribution in [3.63, 3.8) is 0 Å². The predicted molar refractivity (Wildman–Crippen MR) is 79.0 cm³/mol. The normalized spacial score (nSPS) is 11.8. The van der Waals surface area contributed by atoms with E-state index in [1.54, 1.807) is 4.90 Å². The van der Waals surface area contributed by atoms with Gasteiger partial charge in [0.25, 0.3) is 0 Å². The zero-order valence-corrected chi connectivity index (χ0v) is 12.4. The molecule has 0 saturated heterocycles. The van der Waals surface area contributed by atoms with Gasteiger partial charge in [-0.25, -0.2) is 4.79 Å². The fraction of sp³-hybridized carbons (Fsp3) is 0.533. The number of rotatable bonds is 7. The first-order chi connectivity index (χ1) is 9.56. The molecule has 0 radical (unpaired) electrons. The molecule has 0 aliphatic rings. The molecule has 0 fully saturated rings. The monoisotopic (exact) mass is 280 g/mol. The maximum Gasteiger partial charge on any atom is 0.317 e. The van der Waals surface area contributed by atoms with Crippen molar-refractivity contribution in [2.75, 3.05) is 26.3 Å². The van der Waals surface area contributed by atoms with Gasteiger partial charge in [-0.2, -0.15) is 0 Å². The number of hydrogen-bond acceptors (Lipinski definition) is 3. The van der Waals surface area contributed by atoms with Crippen LogP contribution in [-0.4, -0.2) is 48.4 Å². The quantitative estimate of drug-likeness (QED) is 0.800. The van der Waals surface area contributed by atoms with Gasteiger partial charge in [0, 0.05) is 13.1 Å². The van der Waals surface area contributed by atoms with Crippen LogP contribution in [0.1, 0.15) is 19.4 Å². The molecule has 0 bridgehead atoms. The maximum atomic E-state index is 11.9. The highest BCUT2D eigenvalue weighted by molar-refractivity contribution is 5.74. The fourth-order valence-electron chi connectivity index (χ4n) is 1.79. The molecule has 1 aromatic carbocycles. The minimum Gasteiger partial charge on any atom is -0.491 e. The molecule has 5 nitrogen and oxygen atoms in total. The number of urea groups is 1. The Morgan fingerprint density at radius 2 is 2.25 bits per heavy atom. The van der Waals surface area contributed by atoms with Crippen LogP contribution in [0.5, 0.6) is 5.75 Å². The number of aliphatic hydroxyl groups is 1. The minimum absolute atomic E-state index is 0.0323. The highest BCUT2D eigenvalue weighted by Crippen LogP contribution is 2.12. The van der Waals surface area contributed by atoms with Crippen LogP contribution in [0.25, 0.3) is 0 Å². The van der Waals surface area contributed by atoms with Crippen molar-refractivity contribution >= 4 is 6.03 Å². The lowest BCUT2D eigenvalue weighted by Gasteiger charge is -2.23. The van der Waals surface area contributed by atoms with Crippen LogP contribution >= 0.6 is 0 Å². The van der Waals surface area contributed by atoms with Gasteiger partial charge in [0.2, 0.25) is 0 Å². The molecule has 0 aliphatic heterocycles. The third kappa shape index (κ3) is 5.48. The fourth-order valence-corrected chi connectivity index (χ4v) is 1.79. The van der Waals surface area contributed by atoms with Crippen LogP contribution in [0, 0.1) is 6.92 Å². The second-order valence-electron chi connectivity index (χ2n) is 4.78. The van der Waals surface area contributed by atoms with Crippen molar-refractivity contribution in [1.82, 2.24) is 10.2 Å². The molecular weight excluding hydrogens is 256 g/mol. The van der Waals surface area contributed by atoms with E-state index in [0.29, 0.717) is 19.7 Å². The summed E-state index contributed by atoms with van der Waals surface area (Å²) in [5, 5.41) is 11.7. The summed E-state index contributed by atoms with van der Waals surface area (Å²) in [5.74, 6) is 0.800. The number of benzene rings is 1. The van der Waals surface area contributed by atoms with Crippen LogP contribution in [0.15, 0.2) is 24.3 Å². The number of nitrogens with zero attached hydrogens (tertiary/aromatic N) is 1. The molecule has 0 saturated carbocycles. The second-order valence-corrected chi connectivity index (χ2v) is 4.78. The van der Waals surface area contributed by atoms with E-state index in [2.05, 4.69) is 5.32 Å². The summed E-state index contributed by atoms with van der Waals surface area (Å²) in [7, 11) is 0. The molecule has 112 valence electrons. The van der Waals surface area contributed by atoms with Crippen LogP contribution in [0.4, 0.5) is 4.79 Å². The minimum atomic E-state index is -0.179. The van der Waals surface area contributed by atoms with Crippen molar-refractivity contribution in [1.29, 1.82) is 0 Å². The largest absolute Gasteiger partial charge is 0.491 e. The average molecular weight is 280 g/mol. The molecule has 2 N–H and O–H groups in total. The van der Waals surface area contributed by atoms with Crippen molar-refractivity contribution in [2.45, 2.75) is 26.8 Å². The first-order valence-electron chi connectivity index (χ1n) is 6.92. The van der Waals surface area contributed by atoms with E-state index < -0.39 is 0 Å². The van der Waals surface area contributed by atoms with Gasteiger partial charge in [-0.1, -0.05) is 12.1 Å². The first kappa shape index (κ1) is 16.3. The molecule has 5 heteroatoms. The summed E-state index contributed by atoms with van der Waals surface area (Å²) in [6.07, 6.45) is 0. The van der Waals surface area contributed by atoms with Gasteiger partial charge in [0.05, 0.1) is 12.6 Å². The highest BCUT2D eigenvalue weighted by atomic mass is 16.5. The summed E-state index contributed by atoms with van der Waals surface area (Å²) in [4.78, 5) is 13.4. The smallest absolute Gasteiger partial charge is 0.317 e. The maximum absolute atomic E-state index is 11.9. The van der Waals surface area contributed by atoms with Crippen LogP contribution < -0.4 is 10.1 Å². The molecule has 0 aromatic heterocycles. The third-order valence-electron chi connectivity index (χ3n) is 2.90. The van der Waals surface area contributed by atoms with Gasteiger partial charge in [0.15, 0.2) is 0 Å². The van der Waals surface area contributed by atoms with Gasteiger partial charge in [-0.3, -0.25) is 0 Å². The van der Waals surface area contributed by atoms with E-state index in [9.17, 15) is 4.79 Å². The number of carbonyl (C=O) groups excluding carboxylic acids is 1. The summed E-state index contributed by atoms with van der Waals surface area (Å²) >= 11 is 0. The zero-order valence-electron chi connectivity index (χ0n) is 12.4. The van der Waals surface area contributed by atoms with E-state index in [-0.39, 0.29) is 18.7 Å². The molecule has 0 spiro atoms. The topological polar surface area (TPSA) is 61.8 Å². The molecular formula is C15H24N2O3. The van der Waals surface area contributed by atoms with E-state index in [1.807, 2.05) is 45.0 Å². The predicted octanol–water partition coefficient (Wildman–Crippen LogP) is 1.79. The Balaban J connectivity index is 2.39. The summed E-state index contributed by atoms with van der Waals surface area (Å²) in [6.45, 7) is 7.06. The summed E-state index contributed by atoms with van der Waals surface area (Å²) in [6, 6.07) is 7.52. The number of aryl methyl sites for hydroxylation is 1. The van der Waals surface area contributed by atoms with Gasteiger partial charge < -0.3 is 20.1 Å². The number of likely N-dealkylation sites (N-methyl/N-ethyl adjacent to an activating group) is 1. The number of ether oxygens (including phenoxy) is 1. The molecule has 1 atom stereocenters. The van der Waals surface area contributed by atoms with E-state index in [1.165, 1.54) is 0 Å². The Morgan fingerprint density at radius 3 is 2.85 bits per heavy atom. The standard InChI is InChI=1S/C15H24N2O3/c1-4-17(8-9-18)15(19)16-13(3)11-20-14-7-5-6-12(2)10-14/h5-7,10,13,18H,4,8-9,11H2,1-3H3,(H,16,19). The number of carbonyl (C=O) groups is 1. The molecule has 1 unspecified atom stereocenters. The zero-order chi connectivity index (χ0) is 15.0. The Bertz CT molecular complexity index is 423. The van der Waals surface area contributed by atoms with Crippen molar-refractivity contribution < 1.29 is 14.6 Å². The number of hydrogen-bond donors (Lipinski definition) is 2. The van der Waals surface area contributed by atoms with Crippen LogP contribution in [0.3, 0.4) is 0 Å². The molecule has 0 heterocycles. The molecule has 2 amide bonds.